The van der Waals surface area contributed by atoms with Gasteiger partial charge in [0.05, 0.1) is 12.0 Å². The first-order valence-corrected chi connectivity index (χ1v) is 6.93. The molecule has 0 aromatic heterocycles. The molecule has 1 fully saturated rings. The number of benzene rings is 1. The van der Waals surface area contributed by atoms with E-state index in [4.69, 9.17) is 0 Å². The number of nitrogens with zero attached hydrogens (tertiary/aromatic N) is 1. The molecule has 0 spiro atoms. The molecule has 2 nitrogen and oxygen atoms in total. The van der Waals surface area contributed by atoms with E-state index in [1.165, 1.54) is 24.0 Å². The van der Waals surface area contributed by atoms with Gasteiger partial charge in [0, 0.05) is 12.1 Å². The number of rotatable bonds is 3. The molecule has 1 aliphatic rings. The van der Waals surface area contributed by atoms with Crippen LogP contribution in [0.1, 0.15) is 49.8 Å². The lowest BCUT2D eigenvalue weighted by atomic mass is 9.85. The summed E-state index contributed by atoms with van der Waals surface area (Å²) in [5.41, 5.74) is 2.60. The van der Waals surface area contributed by atoms with Crippen LogP contribution in [0.3, 0.4) is 0 Å². The fourth-order valence-corrected chi connectivity index (χ4v) is 2.76. The van der Waals surface area contributed by atoms with Crippen LogP contribution < -0.4 is 5.32 Å². The molecule has 0 amide bonds. The first-order valence-electron chi connectivity index (χ1n) is 6.93. The van der Waals surface area contributed by atoms with E-state index < -0.39 is 0 Å². The van der Waals surface area contributed by atoms with Gasteiger partial charge in [0.1, 0.15) is 0 Å². The summed E-state index contributed by atoms with van der Waals surface area (Å²) in [5, 5.41) is 12.8. The van der Waals surface area contributed by atoms with Crippen molar-refractivity contribution in [2.24, 2.45) is 5.92 Å². The molecule has 18 heavy (non-hydrogen) atoms. The van der Waals surface area contributed by atoms with Gasteiger partial charge in [0.25, 0.3) is 0 Å². The molecule has 0 bridgehead atoms. The maximum Gasteiger partial charge on any atom is 0.0672 e. The Labute approximate surface area is 110 Å². The Morgan fingerprint density at radius 1 is 1.22 bits per heavy atom. The fourth-order valence-electron chi connectivity index (χ4n) is 2.76. The van der Waals surface area contributed by atoms with Crippen LogP contribution in [0.15, 0.2) is 24.3 Å². The third-order valence-electron chi connectivity index (χ3n) is 3.97. The lowest BCUT2D eigenvalue weighted by molar-refractivity contribution is 0.292. The molecule has 0 radical (unpaired) electrons. The highest BCUT2D eigenvalue weighted by Crippen LogP contribution is 2.26. The van der Waals surface area contributed by atoms with E-state index >= 15 is 0 Å². The zero-order valence-corrected chi connectivity index (χ0v) is 11.3. The Hall–Kier alpha value is -1.33. The van der Waals surface area contributed by atoms with Crippen molar-refractivity contribution >= 4 is 0 Å². The minimum absolute atomic E-state index is 0.187. The summed E-state index contributed by atoms with van der Waals surface area (Å²) in [6.45, 7) is 4.29. The molecule has 1 aromatic rings. The van der Waals surface area contributed by atoms with Crippen molar-refractivity contribution in [2.75, 3.05) is 0 Å². The maximum absolute atomic E-state index is 9.19. The van der Waals surface area contributed by atoms with Crippen molar-refractivity contribution in [3.63, 3.8) is 0 Å². The van der Waals surface area contributed by atoms with Gasteiger partial charge >= 0.3 is 0 Å². The van der Waals surface area contributed by atoms with Crippen LogP contribution in [0.4, 0.5) is 0 Å². The van der Waals surface area contributed by atoms with E-state index in [-0.39, 0.29) is 5.92 Å². The van der Waals surface area contributed by atoms with Gasteiger partial charge in [-0.15, -0.1) is 0 Å². The molecule has 3 atom stereocenters. The van der Waals surface area contributed by atoms with Crippen LogP contribution in [-0.4, -0.2) is 6.04 Å². The number of hydrogen-bond donors (Lipinski definition) is 1. The maximum atomic E-state index is 9.19. The van der Waals surface area contributed by atoms with Gasteiger partial charge in [0.15, 0.2) is 0 Å². The van der Waals surface area contributed by atoms with Gasteiger partial charge in [-0.1, -0.05) is 42.7 Å². The molecule has 2 rings (SSSR count). The van der Waals surface area contributed by atoms with Crippen molar-refractivity contribution in [1.82, 2.24) is 5.32 Å². The molecule has 96 valence electrons. The average Bonchev–Trinajstić information content (AvgIpc) is 2.40. The molecule has 0 aliphatic heterocycles. The summed E-state index contributed by atoms with van der Waals surface area (Å²) < 4.78 is 0. The topological polar surface area (TPSA) is 35.8 Å². The summed E-state index contributed by atoms with van der Waals surface area (Å²) in [7, 11) is 0. The number of nitrogens with one attached hydrogen (secondary N) is 1. The monoisotopic (exact) mass is 242 g/mol. The van der Waals surface area contributed by atoms with Gasteiger partial charge in [-0.05, 0) is 32.3 Å². The molecule has 1 aliphatic carbocycles. The van der Waals surface area contributed by atoms with E-state index in [1.807, 2.05) is 0 Å². The number of hydrogen-bond acceptors (Lipinski definition) is 2. The minimum atomic E-state index is 0.187. The summed E-state index contributed by atoms with van der Waals surface area (Å²) in [6.07, 6.45) is 4.63. The first-order chi connectivity index (χ1) is 8.70. The summed E-state index contributed by atoms with van der Waals surface area (Å²) in [6, 6.07) is 11.8. The summed E-state index contributed by atoms with van der Waals surface area (Å²) >= 11 is 0. The molecular formula is C16H22N2. The van der Waals surface area contributed by atoms with Gasteiger partial charge in [-0.2, -0.15) is 5.26 Å². The second kappa shape index (κ2) is 6.02. The second-order valence-electron chi connectivity index (χ2n) is 5.43. The highest BCUT2D eigenvalue weighted by molar-refractivity contribution is 5.23. The lowest BCUT2D eigenvalue weighted by Crippen LogP contribution is -2.39. The number of nitriles is 1. The second-order valence-corrected chi connectivity index (χ2v) is 5.43. The molecule has 1 saturated carbocycles. The predicted octanol–water partition coefficient (Wildman–Crippen LogP) is 3.73. The van der Waals surface area contributed by atoms with Gasteiger partial charge in [-0.25, -0.2) is 0 Å². The Bertz CT molecular complexity index is 416. The van der Waals surface area contributed by atoms with Crippen molar-refractivity contribution in [3.8, 4) is 6.07 Å². The van der Waals surface area contributed by atoms with Crippen LogP contribution in [0.5, 0.6) is 0 Å². The Kier molecular flexibility index (Phi) is 4.38. The normalized spacial score (nSPS) is 25.4. The highest BCUT2D eigenvalue weighted by Gasteiger charge is 2.25. The van der Waals surface area contributed by atoms with Gasteiger partial charge < -0.3 is 5.32 Å². The van der Waals surface area contributed by atoms with Gasteiger partial charge in [-0.3, -0.25) is 0 Å². The van der Waals surface area contributed by atoms with E-state index in [1.54, 1.807) is 0 Å². The Balaban J connectivity index is 1.99. The SMILES string of the molecule is Cc1ccc([C@H](C)NC2CCCCC2C#N)cc1. The standard InChI is InChI=1S/C16H22N2/c1-12-7-9-14(10-8-12)13(2)18-16-6-4-3-5-15(16)11-17/h7-10,13,15-16,18H,3-6H2,1-2H3/t13-,15?,16?/m0/s1. The van der Waals surface area contributed by atoms with Crippen molar-refractivity contribution in [3.05, 3.63) is 35.4 Å². The molecule has 0 saturated heterocycles. The molecule has 1 N–H and O–H groups in total. The van der Waals surface area contributed by atoms with Crippen LogP contribution in [0.25, 0.3) is 0 Å². The van der Waals surface area contributed by atoms with E-state index in [0.29, 0.717) is 12.1 Å². The molecule has 1 aromatic carbocycles. The Morgan fingerprint density at radius 3 is 2.56 bits per heavy atom. The predicted molar refractivity (Wildman–Crippen MR) is 74.1 cm³/mol. The molecular weight excluding hydrogens is 220 g/mol. The Morgan fingerprint density at radius 2 is 1.89 bits per heavy atom. The van der Waals surface area contributed by atoms with Crippen LogP contribution in [-0.2, 0) is 0 Å². The summed E-state index contributed by atoms with van der Waals surface area (Å²) in [4.78, 5) is 0. The van der Waals surface area contributed by atoms with Crippen molar-refractivity contribution < 1.29 is 0 Å². The van der Waals surface area contributed by atoms with Gasteiger partial charge in [0.2, 0.25) is 0 Å². The van der Waals surface area contributed by atoms with Crippen LogP contribution >= 0.6 is 0 Å². The van der Waals surface area contributed by atoms with E-state index in [2.05, 4.69) is 49.5 Å². The summed E-state index contributed by atoms with van der Waals surface area (Å²) in [5.74, 6) is 0.187. The van der Waals surface area contributed by atoms with E-state index in [0.717, 1.165) is 12.8 Å². The third-order valence-corrected chi connectivity index (χ3v) is 3.97. The molecule has 2 heteroatoms. The molecule has 0 heterocycles. The molecule has 2 unspecified atom stereocenters. The third kappa shape index (κ3) is 3.11. The van der Waals surface area contributed by atoms with Crippen molar-refractivity contribution in [1.29, 1.82) is 5.26 Å². The zero-order valence-electron chi connectivity index (χ0n) is 11.3. The quantitative estimate of drug-likeness (QED) is 0.876. The zero-order chi connectivity index (χ0) is 13.0. The smallest absolute Gasteiger partial charge is 0.0672 e. The van der Waals surface area contributed by atoms with Crippen LogP contribution in [0, 0.1) is 24.2 Å². The van der Waals surface area contributed by atoms with E-state index in [9.17, 15) is 5.26 Å². The van der Waals surface area contributed by atoms with Crippen molar-refractivity contribution in [2.45, 2.75) is 51.6 Å². The largest absolute Gasteiger partial charge is 0.306 e. The minimum Gasteiger partial charge on any atom is -0.306 e. The average molecular weight is 242 g/mol. The highest BCUT2D eigenvalue weighted by atomic mass is 15.0. The first kappa shape index (κ1) is 13.1. The fraction of sp³-hybridized carbons (Fsp3) is 0.562. The van der Waals surface area contributed by atoms with Crippen LogP contribution in [0.2, 0.25) is 0 Å². The number of aryl methyl sites for hydroxylation is 1. The lowest BCUT2D eigenvalue weighted by Gasteiger charge is -2.30.